The lowest BCUT2D eigenvalue weighted by Crippen LogP contribution is -2.29. The summed E-state index contributed by atoms with van der Waals surface area (Å²) in [5, 5.41) is 11.6. The summed E-state index contributed by atoms with van der Waals surface area (Å²) in [5.74, 6) is 0.435. The smallest absolute Gasteiger partial charge is 0.253 e. The van der Waals surface area contributed by atoms with Gasteiger partial charge in [0.25, 0.3) is 5.91 Å². The quantitative estimate of drug-likeness (QED) is 0.896. The van der Waals surface area contributed by atoms with E-state index in [4.69, 9.17) is 10.00 Å². The SMILES string of the molecule is CC(OCC1CCCC1)C(=O)Nc1cccc(C#N)c1. The normalized spacial score (nSPS) is 16.6. The monoisotopic (exact) mass is 272 g/mol. The minimum absolute atomic E-state index is 0.168. The maximum absolute atomic E-state index is 12.0. The highest BCUT2D eigenvalue weighted by Crippen LogP contribution is 2.25. The Morgan fingerprint density at radius 3 is 2.95 bits per heavy atom. The van der Waals surface area contributed by atoms with Crippen LogP contribution < -0.4 is 5.32 Å². The number of amides is 1. The molecule has 1 fully saturated rings. The fourth-order valence-corrected chi connectivity index (χ4v) is 2.44. The maximum atomic E-state index is 12.0. The third-order valence-electron chi connectivity index (χ3n) is 3.69. The van der Waals surface area contributed by atoms with Crippen LogP contribution in [0.4, 0.5) is 5.69 Å². The Morgan fingerprint density at radius 2 is 2.25 bits per heavy atom. The summed E-state index contributed by atoms with van der Waals surface area (Å²) in [6, 6.07) is 8.92. The first kappa shape index (κ1) is 14.5. The van der Waals surface area contributed by atoms with Gasteiger partial charge in [0.1, 0.15) is 6.10 Å². The zero-order valence-electron chi connectivity index (χ0n) is 11.8. The van der Waals surface area contributed by atoms with E-state index in [0.717, 1.165) is 0 Å². The number of anilines is 1. The lowest BCUT2D eigenvalue weighted by atomic mass is 10.1. The summed E-state index contributed by atoms with van der Waals surface area (Å²) in [6.07, 6.45) is 4.49. The van der Waals surface area contributed by atoms with Crippen molar-refractivity contribution in [2.75, 3.05) is 11.9 Å². The second-order valence-corrected chi connectivity index (χ2v) is 5.31. The van der Waals surface area contributed by atoms with Crippen LogP contribution in [0.1, 0.15) is 38.2 Å². The van der Waals surface area contributed by atoms with E-state index < -0.39 is 6.10 Å². The van der Waals surface area contributed by atoms with E-state index >= 15 is 0 Å². The topological polar surface area (TPSA) is 62.1 Å². The number of nitrogens with one attached hydrogen (secondary N) is 1. The van der Waals surface area contributed by atoms with E-state index in [1.54, 1.807) is 31.2 Å². The van der Waals surface area contributed by atoms with E-state index in [-0.39, 0.29) is 5.91 Å². The summed E-state index contributed by atoms with van der Waals surface area (Å²) in [4.78, 5) is 12.0. The zero-order valence-corrected chi connectivity index (χ0v) is 11.8. The highest BCUT2D eigenvalue weighted by Gasteiger charge is 2.19. The van der Waals surface area contributed by atoms with Crippen LogP contribution in [0.2, 0.25) is 0 Å². The van der Waals surface area contributed by atoms with Gasteiger partial charge in [0.05, 0.1) is 18.2 Å². The average molecular weight is 272 g/mol. The predicted molar refractivity (Wildman–Crippen MR) is 77.2 cm³/mol. The van der Waals surface area contributed by atoms with E-state index in [1.807, 2.05) is 6.07 Å². The molecule has 4 heteroatoms. The molecule has 1 N–H and O–H groups in total. The molecule has 4 nitrogen and oxygen atoms in total. The van der Waals surface area contributed by atoms with Crippen LogP contribution in [-0.2, 0) is 9.53 Å². The highest BCUT2D eigenvalue weighted by molar-refractivity contribution is 5.94. The summed E-state index contributed by atoms with van der Waals surface area (Å²) in [6.45, 7) is 2.42. The van der Waals surface area contributed by atoms with Crippen molar-refractivity contribution in [2.45, 2.75) is 38.7 Å². The number of carbonyl (C=O) groups excluding carboxylic acids is 1. The highest BCUT2D eigenvalue weighted by atomic mass is 16.5. The molecule has 1 saturated carbocycles. The van der Waals surface area contributed by atoms with Crippen molar-refractivity contribution in [1.29, 1.82) is 5.26 Å². The van der Waals surface area contributed by atoms with Crippen LogP contribution in [-0.4, -0.2) is 18.6 Å². The molecule has 1 aliphatic carbocycles. The Labute approximate surface area is 119 Å². The number of nitrogens with zero attached hydrogens (tertiary/aromatic N) is 1. The molecule has 2 rings (SSSR count). The van der Waals surface area contributed by atoms with E-state index in [0.29, 0.717) is 23.8 Å². The number of ether oxygens (including phenoxy) is 1. The standard InChI is InChI=1S/C16H20N2O2/c1-12(20-11-13-5-2-3-6-13)16(19)18-15-8-4-7-14(9-15)10-17/h4,7-9,12-13H,2-3,5-6,11H2,1H3,(H,18,19). The third-order valence-corrected chi connectivity index (χ3v) is 3.69. The molecule has 0 saturated heterocycles. The van der Waals surface area contributed by atoms with Gasteiger partial charge in [-0.1, -0.05) is 18.9 Å². The summed E-state index contributed by atoms with van der Waals surface area (Å²) >= 11 is 0. The van der Waals surface area contributed by atoms with Crippen LogP contribution >= 0.6 is 0 Å². The largest absolute Gasteiger partial charge is 0.368 e. The summed E-state index contributed by atoms with van der Waals surface area (Å²) in [7, 11) is 0. The second kappa shape index (κ2) is 7.06. The van der Waals surface area contributed by atoms with Gasteiger partial charge in [-0.15, -0.1) is 0 Å². The van der Waals surface area contributed by atoms with Gasteiger partial charge in [0.15, 0.2) is 0 Å². The van der Waals surface area contributed by atoms with Gasteiger partial charge >= 0.3 is 0 Å². The van der Waals surface area contributed by atoms with Gasteiger partial charge < -0.3 is 10.1 Å². The molecular weight excluding hydrogens is 252 g/mol. The number of nitriles is 1. The van der Waals surface area contributed by atoms with E-state index in [1.165, 1.54) is 25.7 Å². The first-order chi connectivity index (χ1) is 9.69. The van der Waals surface area contributed by atoms with Crippen LogP contribution in [0, 0.1) is 17.2 Å². The van der Waals surface area contributed by atoms with Crippen molar-refractivity contribution in [3.63, 3.8) is 0 Å². The van der Waals surface area contributed by atoms with E-state index in [2.05, 4.69) is 5.32 Å². The average Bonchev–Trinajstić information content (AvgIpc) is 2.98. The molecule has 1 aromatic rings. The van der Waals surface area contributed by atoms with Crippen LogP contribution in [0.25, 0.3) is 0 Å². The van der Waals surface area contributed by atoms with Crippen molar-refractivity contribution in [3.8, 4) is 6.07 Å². The van der Waals surface area contributed by atoms with Crippen LogP contribution in [0.5, 0.6) is 0 Å². The Hall–Kier alpha value is -1.86. The molecular formula is C16H20N2O2. The molecule has 1 aromatic carbocycles. The Balaban J connectivity index is 1.82. The van der Waals surface area contributed by atoms with Crippen molar-refractivity contribution in [2.24, 2.45) is 5.92 Å². The minimum atomic E-state index is -0.471. The van der Waals surface area contributed by atoms with Gasteiger partial charge in [0.2, 0.25) is 0 Å². The molecule has 20 heavy (non-hydrogen) atoms. The van der Waals surface area contributed by atoms with Gasteiger partial charge in [-0.05, 0) is 43.9 Å². The zero-order chi connectivity index (χ0) is 14.4. The van der Waals surface area contributed by atoms with Crippen LogP contribution in [0.15, 0.2) is 24.3 Å². The second-order valence-electron chi connectivity index (χ2n) is 5.31. The third kappa shape index (κ3) is 4.07. The Morgan fingerprint density at radius 1 is 1.50 bits per heavy atom. The molecule has 0 spiro atoms. The first-order valence-corrected chi connectivity index (χ1v) is 7.11. The fraction of sp³-hybridized carbons (Fsp3) is 0.500. The lowest BCUT2D eigenvalue weighted by molar-refractivity contribution is -0.127. The molecule has 1 amide bonds. The molecule has 0 radical (unpaired) electrons. The van der Waals surface area contributed by atoms with Gasteiger partial charge in [-0.2, -0.15) is 5.26 Å². The first-order valence-electron chi connectivity index (χ1n) is 7.11. The van der Waals surface area contributed by atoms with Crippen LogP contribution in [0.3, 0.4) is 0 Å². The summed E-state index contributed by atoms with van der Waals surface area (Å²) in [5.41, 5.74) is 1.16. The predicted octanol–water partition coefficient (Wildman–Crippen LogP) is 3.09. The number of hydrogen-bond donors (Lipinski definition) is 1. The van der Waals surface area contributed by atoms with Gasteiger partial charge in [-0.3, -0.25) is 4.79 Å². The van der Waals surface area contributed by atoms with Crippen molar-refractivity contribution in [1.82, 2.24) is 0 Å². The molecule has 106 valence electrons. The maximum Gasteiger partial charge on any atom is 0.253 e. The van der Waals surface area contributed by atoms with Gasteiger partial charge in [0, 0.05) is 5.69 Å². The Bertz CT molecular complexity index is 501. The molecule has 1 aliphatic rings. The molecule has 1 atom stereocenters. The van der Waals surface area contributed by atoms with Crippen molar-refractivity contribution < 1.29 is 9.53 Å². The summed E-state index contributed by atoms with van der Waals surface area (Å²) < 4.78 is 5.64. The molecule has 0 heterocycles. The van der Waals surface area contributed by atoms with Gasteiger partial charge in [-0.25, -0.2) is 0 Å². The molecule has 0 aliphatic heterocycles. The molecule has 0 bridgehead atoms. The lowest BCUT2D eigenvalue weighted by Gasteiger charge is -2.16. The number of hydrogen-bond acceptors (Lipinski definition) is 3. The van der Waals surface area contributed by atoms with Crippen molar-refractivity contribution in [3.05, 3.63) is 29.8 Å². The fourth-order valence-electron chi connectivity index (χ4n) is 2.44. The number of benzene rings is 1. The van der Waals surface area contributed by atoms with Crippen molar-refractivity contribution >= 4 is 11.6 Å². The molecule has 0 aromatic heterocycles. The molecule has 1 unspecified atom stereocenters. The minimum Gasteiger partial charge on any atom is -0.368 e. The Kier molecular flexibility index (Phi) is 5.14. The van der Waals surface area contributed by atoms with E-state index in [9.17, 15) is 4.79 Å². The number of rotatable bonds is 5. The number of carbonyl (C=O) groups is 1.